The third-order valence-electron chi connectivity index (χ3n) is 1.76. The van der Waals surface area contributed by atoms with Crippen LogP contribution in [0.3, 0.4) is 0 Å². The van der Waals surface area contributed by atoms with Gasteiger partial charge in [0.25, 0.3) is 0 Å². The van der Waals surface area contributed by atoms with Crippen molar-refractivity contribution in [3.05, 3.63) is 41.5 Å². The quantitative estimate of drug-likeness (QED) is 0.285. The van der Waals surface area contributed by atoms with E-state index < -0.39 is 0 Å². The Kier molecular flexibility index (Phi) is 3.69. The number of oxime groups is 1. The topological polar surface area (TPSA) is 84.6 Å². The summed E-state index contributed by atoms with van der Waals surface area (Å²) in [5.41, 5.74) is 12.4. The molecule has 0 heterocycles. The molecule has 0 saturated heterocycles. The van der Waals surface area contributed by atoms with Gasteiger partial charge >= 0.3 is 0 Å². The molecule has 0 radical (unpaired) electrons. The minimum absolute atomic E-state index is 0.111. The molecular weight excluding hydrogens is 178 g/mol. The van der Waals surface area contributed by atoms with Crippen LogP contribution in [0.1, 0.15) is 11.1 Å². The highest BCUT2D eigenvalue weighted by Crippen LogP contribution is 2.05. The van der Waals surface area contributed by atoms with Gasteiger partial charge in [-0.05, 0) is 5.56 Å². The van der Waals surface area contributed by atoms with Crippen molar-refractivity contribution in [3.63, 3.8) is 0 Å². The molecule has 0 aliphatic rings. The number of rotatable bonds is 3. The summed E-state index contributed by atoms with van der Waals surface area (Å²) in [6.07, 6.45) is 3.77. The maximum atomic E-state index is 8.43. The highest BCUT2D eigenvalue weighted by Gasteiger charge is 1.96. The average molecular weight is 191 g/mol. The summed E-state index contributed by atoms with van der Waals surface area (Å²) in [6.45, 7) is 0.516. The summed E-state index contributed by atoms with van der Waals surface area (Å²) < 4.78 is 0. The van der Waals surface area contributed by atoms with Crippen LogP contribution >= 0.6 is 0 Å². The van der Waals surface area contributed by atoms with Gasteiger partial charge in [-0.15, -0.1) is 0 Å². The van der Waals surface area contributed by atoms with Gasteiger partial charge in [-0.2, -0.15) is 0 Å². The fraction of sp³-hybridized carbons (Fsp3) is 0.100. The molecule has 74 valence electrons. The molecule has 14 heavy (non-hydrogen) atoms. The van der Waals surface area contributed by atoms with Gasteiger partial charge in [0.2, 0.25) is 0 Å². The first-order chi connectivity index (χ1) is 6.77. The van der Waals surface area contributed by atoms with Crippen LogP contribution in [0.4, 0.5) is 0 Å². The van der Waals surface area contributed by atoms with E-state index in [-0.39, 0.29) is 5.84 Å². The third kappa shape index (κ3) is 2.60. The Morgan fingerprint density at radius 1 is 1.36 bits per heavy atom. The van der Waals surface area contributed by atoms with E-state index in [0.717, 1.165) is 5.56 Å². The number of nitrogens with two attached hydrogens (primary N) is 2. The number of amidine groups is 1. The Balaban J connectivity index is 2.84. The van der Waals surface area contributed by atoms with Gasteiger partial charge < -0.3 is 16.7 Å². The molecule has 0 atom stereocenters. The van der Waals surface area contributed by atoms with E-state index in [2.05, 4.69) is 5.16 Å². The molecular formula is C10H13N3O. The molecule has 5 N–H and O–H groups in total. The normalized spacial score (nSPS) is 12.2. The second-order valence-corrected chi connectivity index (χ2v) is 2.75. The van der Waals surface area contributed by atoms with E-state index in [9.17, 15) is 0 Å². The summed E-state index contributed by atoms with van der Waals surface area (Å²) >= 11 is 0. The smallest absolute Gasteiger partial charge is 0.170 e. The van der Waals surface area contributed by atoms with Crippen molar-refractivity contribution in [3.8, 4) is 0 Å². The summed E-state index contributed by atoms with van der Waals surface area (Å²) in [7, 11) is 0. The van der Waals surface area contributed by atoms with Gasteiger partial charge in [-0.3, -0.25) is 0 Å². The lowest BCUT2D eigenvalue weighted by atomic mass is 10.1. The van der Waals surface area contributed by atoms with Crippen LogP contribution in [0.15, 0.2) is 35.5 Å². The van der Waals surface area contributed by atoms with Crippen molar-refractivity contribution < 1.29 is 5.21 Å². The zero-order valence-corrected chi connectivity index (χ0v) is 7.72. The van der Waals surface area contributed by atoms with Crippen molar-refractivity contribution in [2.24, 2.45) is 16.6 Å². The monoisotopic (exact) mass is 191 g/mol. The average Bonchev–Trinajstić information content (AvgIpc) is 2.26. The van der Waals surface area contributed by atoms with E-state index >= 15 is 0 Å². The van der Waals surface area contributed by atoms with Gasteiger partial charge in [-0.25, -0.2) is 0 Å². The minimum atomic E-state index is 0.111. The van der Waals surface area contributed by atoms with Crippen LogP contribution in [0, 0.1) is 0 Å². The van der Waals surface area contributed by atoms with Crippen LogP contribution < -0.4 is 11.5 Å². The first-order valence-corrected chi connectivity index (χ1v) is 4.22. The van der Waals surface area contributed by atoms with Crippen molar-refractivity contribution in [2.75, 3.05) is 6.54 Å². The summed E-state index contributed by atoms with van der Waals surface area (Å²) in [6, 6.07) is 7.32. The molecule has 0 bridgehead atoms. The van der Waals surface area contributed by atoms with Crippen LogP contribution in [0.25, 0.3) is 6.08 Å². The Labute approximate surface area is 82.5 Å². The fourth-order valence-electron chi connectivity index (χ4n) is 1.03. The first-order valence-electron chi connectivity index (χ1n) is 4.22. The molecule has 0 aliphatic heterocycles. The van der Waals surface area contributed by atoms with Gasteiger partial charge in [0.15, 0.2) is 5.84 Å². The highest BCUT2D eigenvalue weighted by molar-refractivity contribution is 5.97. The number of benzene rings is 1. The number of nitrogens with zero attached hydrogens (tertiary/aromatic N) is 1. The van der Waals surface area contributed by atoms with Crippen molar-refractivity contribution in [2.45, 2.75) is 0 Å². The van der Waals surface area contributed by atoms with Gasteiger partial charge in [0, 0.05) is 12.1 Å². The molecule has 1 aromatic carbocycles. The Hall–Kier alpha value is -1.81. The van der Waals surface area contributed by atoms with Crippen molar-refractivity contribution in [1.29, 1.82) is 0 Å². The SMILES string of the molecule is NCC=Cc1ccc(C(N)=NO)cc1. The fourth-order valence-corrected chi connectivity index (χ4v) is 1.03. The molecule has 0 unspecified atom stereocenters. The Bertz CT molecular complexity index is 341. The standard InChI is InChI=1S/C10H13N3O/c11-7-1-2-8-3-5-9(6-4-8)10(12)13-14/h1-6,14H,7,11H2,(H2,12,13). The van der Waals surface area contributed by atoms with Crippen LogP contribution in [0.2, 0.25) is 0 Å². The summed E-state index contributed by atoms with van der Waals surface area (Å²) in [5, 5.41) is 11.3. The summed E-state index contributed by atoms with van der Waals surface area (Å²) in [4.78, 5) is 0. The van der Waals surface area contributed by atoms with Crippen molar-refractivity contribution in [1.82, 2.24) is 0 Å². The zero-order valence-electron chi connectivity index (χ0n) is 7.72. The lowest BCUT2D eigenvalue weighted by molar-refractivity contribution is 0.318. The molecule has 4 heteroatoms. The molecule has 0 saturated carbocycles. The third-order valence-corrected chi connectivity index (χ3v) is 1.76. The van der Waals surface area contributed by atoms with E-state index in [0.29, 0.717) is 12.1 Å². The minimum Gasteiger partial charge on any atom is -0.409 e. The maximum absolute atomic E-state index is 8.43. The second kappa shape index (κ2) is 5.04. The molecule has 0 amide bonds. The molecule has 1 aromatic rings. The first kappa shape index (κ1) is 10.3. The zero-order chi connectivity index (χ0) is 10.4. The molecule has 0 spiro atoms. The molecule has 0 aliphatic carbocycles. The largest absolute Gasteiger partial charge is 0.409 e. The summed E-state index contributed by atoms with van der Waals surface area (Å²) in [5.74, 6) is 0.111. The van der Waals surface area contributed by atoms with E-state index in [1.807, 2.05) is 24.3 Å². The lowest BCUT2D eigenvalue weighted by Gasteiger charge is -1.98. The predicted octanol–water partition coefficient (Wildman–Crippen LogP) is 0.753. The lowest BCUT2D eigenvalue weighted by Crippen LogP contribution is -2.12. The van der Waals surface area contributed by atoms with E-state index in [1.165, 1.54) is 0 Å². The Morgan fingerprint density at radius 3 is 2.50 bits per heavy atom. The molecule has 1 rings (SSSR count). The van der Waals surface area contributed by atoms with Crippen LogP contribution in [-0.2, 0) is 0 Å². The van der Waals surface area contributed by atoms with Gasteiger partial charge in [-0.1, -0.05) is 41.6 Å². The molecule has 4 nitrogen and oxygen atoms in total. The van der Waals surface area contributed by atoms with Crippen LogP contribution in [0.5, 0.6) is 0 Å². The maximum Gasteiger partial charge on any atom is 0.170 e. The number of hydrogen-bond acceptors (Lipinski definition) is 3. The van der Waals surface area contributed by atoms with Gasteiger partial charge in [0.05, 0.1) is 0 Å². The molecule has 0 aromatic heterocycles. The van der Waals surface area contributed by atoms with E-state index in [1.54, 1.807) is 12.1 Å². The highest BCUT2D eigenvalue weighted by atomic mass is 16.4. The Morgan fingerprint density at radius 2 is 2.00 bits per heavy atom. The molecule has 0 fully saturated rings. The number of hydrogen-bond donors (Lipinski definition) is 3. The second-order valence-electron chi connectivity index (χ2n) is 2.75. The van der Waals surface area contributed by atoms with Crippen LogP contribution in [-0.4, -0.2) is 17.6 Å². The van der Waals surface area contributed by atoms with Crippen molar-refractivity contribution >= 4 is 11.9 Å². The van der Waals surface area contributed by atoms with E-state index in [4.69, 9.17) is 16.7 Å². The van der Waals surface area contributed by atoms with Gasteiger partial charge in [0.1, 0.15) is 0 Å². The predicted molar refractivity (Wildman–Crippen MR) is 57.0 cm³/mol.